The van der Waals surface area contributed by atoms with Crippen molar-refractivity contribution in [3.8, 4) is 11.1 Å². The van der Waals surface area contributed by atoms with E-state index in [9.17, 15) is 19.7 Å². The van der Waals surface area contributed by atoms with Gasteiger partial charge in [0.1, 0.15) is 11.9 Å². The first-order valence-corrected chi connectivity index (χ1v) is 9.35. The van der Waals surface area contributed by atoms with Crippen LogP contribution < -0.4 is 10.6 Å². The van der Waals surface area contributed by atoms with Crippen molar-refractivity contribution in [2.24, 2.45) is 0 Å². The number of hydrogen-bond donors (Lipinski definition) is 2. The van der Waals surface area contributed by atoms with Gasteiger partial charge in [-0.25, -0.2) is 4.68 Å². The molecule has 0 saturated heterocycles. The van der Waals surface area contributed by atoms with Crippen molar-refractivity contribution in [2.45, 2.75) is 26.3 Å². The van der Waals surface area contributed by atoms with Crippen molar-refractivity contribution < 1.29 is 14.5 Å². The van der Waals surface area contributed by atoms with Gasteiger partial charge in [0.25, 0.3) is 11.6 Å². The Bertz CT molecular complexity index is 1170. The van der Waals surface area contributed by atoms with Crippen LogP contribution in [-0.4, -0.2) is 26.5 Å². The second-order valence-corrected chi connectivity index (χ2v) is 7.14. The van der Waals surface area contributed by atoms with Crippen molar-refractivity contribution in [3.05, 3.63) is 69.9 Å². The largest absolute Gasteiger partial charge is 0.326 e. The molecule has 2 aromatic carbocycles. The molecule has 0 radical (unpaired) electrons. The van der Waals surface area contributed by atoms with Crippen LogP contribution in [-0.2, 0) is 9.59 Å². The van der Waals surface area contributed by atoms with E-state index < -0.39 is 16.9 Å². The summed E-state index contributed by atoms with van der Waals surface area (Å²) in [5, 5.41) is 21.0. The van der Waals surface area contributed by atoms with Gasteiger partial charge in [0.15, 0.2) is 0 Å². The Morgan fingerprint density at radius 1 is 1.23 bits per heavy atom. The highest BCUT2D eigenvalue weighted by Crippen LogP contribution is 2.38. The number of nitrogens with one attached hydrogen (secondary N) is 2. The minimum atomic E-state index is -0.795. The maximum atomic E-state index is 12.5. The first kappa shape index (κ1) is 19.3. The van der Waals surface area contributed by atoms with Crippen LogP contribution in [0.5, 0.6) is 0 Å². The number of aryl methyl sites for hydroxylation is 2. The molecule has 2 heterocycles. The van der Waals surface area contributed by atoms with Gasteiger partial charge in [-0.1, -0.05) is 36.4 Å². The molecular formula is C21H19N5O4. The molecule has 2 amide bonds. The zero-order valence-corrected chi connectivity index (χ0v) is 16.4. The Labute approximate surface area is 171 Å². The molecule has 0 spiro atoms. The first-order valence-electron chi connectivity index (χ1n) is 9.35. The highest BCUT2D eigenvalue weighted by atomic mass is 16.6. The topological polar surface area (TPSA) is 119 Å². The number of nitro groups is 1. The van der Waals surface area contributed by atoms with Gasteiger partial charge in [0.05, 0.1) is 17.0 Å². The SMILES string of the molecule is Cc1ccc(NC(=O)CC2C(=O)Nc3c(-c4ccccc4)c(C)nn32)cc1[N+](=O)[O-]. The van der Waals surface area contributed by atoms with Crippen LogP contribution in [0.1, 0.15) is 23.7 Å². The monoisotopic (exact) mass is 405 g/mol. The Kier molecular flexibility index (Phi) is 4.78. The van der Waals surface area contributed by atoms with E-state index in [0.29, 0.717) is 17.1 Å². The van der Waals surface area contributed by atoms with Crippen LogP contribution in [0.3, 0.4) is 0 Å². The molecule has 1 aliphatic rings. The zero-order chi connectivity index (χ0) is 21.4. The van der Waals surface area contributed by atoms with Gasteiger partial charge in [-0.15, -0.1) is 0 Å². The van der Waals surface area contributed by atoms with Crippen molar-refractivity contribution in [2.75, 3.05) is 10.6 Å². The summed E-state index contributed by atoms with van der Waals surface area (Å²) in [7, 11) is 0. The molecule has 30 heavy (non-hydrogen) atoms. The minimum absolute atomic E-state index is 0.0797. The lowest BCUT2D eigenvalue weighted by Gasteiger charge is -2.10. The summed E-state index contributed by atoms with van der Waals surface area (Å²) in [6.45, 7) is 3.47. The second kappa shape index (κ2) is 7.43. The normalized spacial score (nSPS) is 14.9. The molecule has 1 unspecified atom stereocenters. The Morgan fingerprint density at radius 3 is 2.67 bits per heavy atom. The number of nitro benzene ring substituents is 1. The molecule has 9 nitrogen and oxygen atoms in total. The summed E-state index contributed by atoms with van der Waals surface area (Å²) in [5.74, 6) is -0.192. The van der Waals surface area contributed by atoms with Crippen LogP contribution in [0.2, 0.25) is 0 Å². The van der Waals surface area contributed by atoms with Crippen LogP contribution in [0, 0.1) is 24.0 Å². The number of aromatic nitrogens is 2. The molecule has 152 valence electrons. The summed E-state index contributed by atoms with van der Waals surface area (Å²) >= 11 is 0. The number of anilines is 2. The fourth-order valence-electron chi connectivity index (χ4n) is 3.60. The van der Waals surface area contributed by atoms with Crippen LogP contribution in [0.25, 0.3) is 11.1 Å². The standard InChI is InChI=1S/C21H19N5O4/c1-12-8-9-15(10-16(12)26(29)30)22-18(27)11-17-21(28)23-20-19(13(2)24-25(17)20)14-6-4-3-5-7-14/h3-10,17H,11H2,1-2H3,(H,22,27)(H,23,28). The molecule has 1 atom stereocenters. The summed E-state index contributed by atoms with van der Waals surface area (Å²) in [6.07, 6.45) is -0.143. The lowest BCUT2D eigenvalue weighted by molar-refractivity contribution is -0.385. The van der Waals surface area contributed by atoms with Crippen molar-refractivity contribution >= 4 is 29.0 Å². The number of fused-ring (bicyclic) bond motifs is 1. The number of benzene rings is 2. The molecule has 0 aliphatic carbocycles. The van der Waals surface area contributed by atoms with Crippen molar-refractivity contribution in [1.82, 2.24) is 9.78 Å². The summed E-state index contributed by atoms with van der Waals surface area (Å²) in [4.78, 5) is 35.7. The number of rotatable bonds is 5. The van der Waals surface area contributed by atoms with E-state index in [-0.39, 0.29) is 18.0 Å². The molecule has 9 heteroatoms. The second-order valence-electron chi connectivity index (χ2n) is 7.14. The lowest BCUT2D eigenvalue weighted by Crippen LogP contribution is -2.23. The van der Waals surface area contributed by atoms with Crippen LogP contribution in [0.15, 0.2) is 48.5 Å². The van der Waals surface area contributed by atoms with Gasteiger partial charge in [0, 0.05) is 22.9 Å². The summed E-state index contributed by atoms with van der Waals surface area (Å²) in [6, 6.07) is 13.2. The molecule has 3 aromatic rings. The number of amides is 2. The quantitative estimate of drug-likeness (QED) is 0.496. The third kappa shape index (κ3) is 3.41. The molecule has 0 saturated carbocycles. The number of carbonyl (C=O) groups excluding carboxylic acids is 2. The third-order valence-corrected chi connectivity index (χ3v) is 5.06. The summed E-state index contributed by atoms with van der Waals surface area (Å²) in [5.41, 5.74) is 3.21. The maximum Gasteiger partial charge on any atom is 0.274 e. The summed E-state index contributed by atoms with van der Waals surface area (Å²) < 4.78 is 1.54. The molecule has 1 aliphatic heterocycles. The molecule has 1 aromatic heterocycles. The fraction of sp³-hybridized carbons (Fsp3) is 0.190. The zero-order valence-electron chi connectivity index (χ0n) is 16.4. The van der Waals surface area contributed by atoms with Crippen molar-refractivity contribution in [1.29, 1.82) is 0 Å². The van der Waals surface area contributed by atoms with Crippen LogP contribution >= 0.6 is 0 Å². The van der Waals surface area contributed by atoms with E-state index in [1.807, 2.05) is 37.3 Å². The lowest BCUT2D eigenvalue weighted by atomic mass is 10.1. The van der Waals surface area contributed by atoms with Gasteiger partial charge in [-0.3, -0.25) is 19.7 Å². The molecule has 2 N–H and O–H groups in total. The predicted molar refractivity (Wildman–Crippen MR) is 111 cm³/mol. The van der Waals surface area contributed by atoms with Gasteiger partial charge in [-0.2, -0.15) is 5.10 Å². The number of carbonyl (C=O) groups is 2. The van der Waals surface area contributed by atoms with E-state index in [1.165, 1.54) is 10.7 Å². The highest BCUT2D eigenvalue weighted by Gasteiger charge is 2.36. The van der Waals surface area contributed by atoms with Gasteiger partial charge in [0.2, 0.25) is 5.91 Å². The maximum absolute atomic E-state index is 12.5. The third-order valence-electron chi connectivity index (χ3n) is 5.06. The predicted octanol–water partition coefficient (Wildman–Crippen LogP) is 3.60. The Morgan fingerprint density at radius 2 is 1.97 bits per heavy atom. The van der Waals surface area contributed by atoms with E-state index in [1.54, 1.807) is 19.1 Å². The van der Waals surface area contributed by atoms with Gasteiger partial charge in [-0.05, 0) is 25.5 Å². The van der Waals surface area contributed by atoms with E-state index in [4.69, 9.17) is 0 Å². The van der Waals surface area contributed by atoms with Crippen molar-refractivity contribution in [3.63, 3.8) is 0 Å². The van der Waals surface area contributed by atoms with E-state index >= 15 is 0 Å². The highest BCUT2D eigenvalue weighted by molar-refractivity contribution is 6.04. The molecular weight excluding hydrogens is 386 g/mol. The van der Waals surface area contributed by atoms with E-state index in [2.05, 4.69) is 15.7 Å². The number of hydrogen-bond acceptors (Lipinski definition) is 5. The number of nitrogens with zero attached hydrogens (tertiary/aromatic N) is 3. The van der Waals surface area contributed by atoms with Gasteiger partial charge < -0.3 is 10.6 Å². The van der Waals surface area contributed by atoms with Crippen LogP contribution in [0.4, 0.5) is 17.2 Å². The first-order chi connectivity index (χ1) is 14.3. The average Bonchev–Trinajstić information content (AvgIpc) is 3.17. The Hall–Kier alpha value is -4.01. The molecule has 0 fully saturated rings. The van der Waals surface area contributed by atoms with E-state index in [0.717, 1.165) is 16.8 Å². The Balaban J connectivity index is 1.56. The molecule has 4 rings (SSSR count). The fourth-order valence-corrected chi connectivity index (χ4v) is 3.60. The average molecular weight is 405 g/mol. The molecule has 0 bridgehead atoms. The minimum Gasteiger partial charge on any atom is -0.326 e. The van der Waals surface area contributed by atoms with Gasteiger partial charge >= 0.3 is 0 Å². The smallest absolute Gasteiger partial charge is 0.274 e.